The predicted molar refractivity (Wildman–Crippen MR) is 114 cm³/mol. The second-order valence-electron chi connectivity index (χ2n) is 6.63. The topological polar surface area (TPSA) is 84.9 Å². The Balaban J connectivity index is 2.03. The van der Waals surface area contributed by atoms with Crippen molar-refractivity contribution in [2.45, 2.75) is 19.9 Å². The summed E-state index contributed by atoms with van der Waals surface area (Å²) in [5.41, 5.74) is 1.27. The molecule has 7 nitrogen and oxygen atoms in total. The molecular formula is C20H25ClN2O5S. The van der Waals surface area contributed by atoms with Gasteiger partial charge in [-0.25, -0.2) is 8.42 Å². The van der Waals surface area contributed by atoms with Crippen molar-refractivity contribution >= 4 is 33.2 Å². The SMILES string of the molecule is COc1ccc(N(CC(=O)NC(C)COc2ccccc2C)S(C)(=O)=O)cc1Cl. The molecule has 0 aliphatic heterocycles. The van der Waals surface area contributed by atoms with E-state index < -0.39 is 15.9 Å². The van der Waals surface area contributed by atoms with E-state index >= 15 is 0 Å². The van der Waals surface area contributed by atoms with Gasteiger partial charge in [0.15, 0.2) is 0 Å². The number of sulfonamides is 1. The highest BCUT2D eigenvalue weighted by Gasteiger charge is 2.22. The van der Waals surface area contributed by atoms with Gasteiger partial charge in [0.1, 0.15) is 24.7 Å². The van der Waals surface area contributed by atoms with Crippen molar-refractivity contribution in [2.24, 2.45) is 0 Å². The molecule has 9 heteroatoms. The van der Waals surface area contributed by atoms with Crippen molar-refractivity contribution in [1.29, 1.82) is 0 Å². The van der Waals surface area contributed by atoms with Gasteiger partial charge in [-0.1, -0.05) is 29.8 Å². The number of ether oxygens (including phenoxy) is 2. The van der Waals surface area contributed by atoms with E-state index in [1.807, 2.05) is 31.2 Å². The molecule has 1 atom stereocenters. The molecule has 0 radical (unpaired) electrons. The first-order valence-corrected chi connectivity index (χ1v) is 11.1. The van der Waals surface area contributed by atoms with Crippen LogP contribution in [0.2, 0.25) is 5.02 Å². The number of halogens is 1. The van der Waals surface area contributed by atoms with Crippen LogP contribution in [0.15, 0.2) is 42.5 Å². The van der Waals surface area contributed by atoms with Gasteiger partial charge >= 0.3 is 0 Å². The summed E-state index contributed by atoms with van der Waals surface area (Å²) in [5, 5.41) is 3.00. The van der Waals surface area contributed by atoms with E-state index in [1.54, 1.807) is 13.0 Å². The summed E-state index contributed by atoms with van der Waals surface area (Å²) in [6, 6.07) is 11.8. The van der Waals surface area contributed by atoms with E-state index in [9.17, 15) is 13.2 Å². The van der Waals surface area contributed by atoms with Crippen LogP contribution in [0, 0.1) is 6.92 Å². The third-order valence-electron chi connectivity index (χ3n) is 4.10. The standard InChI is InChI=1S/C20H25ClN2O5S/c1-14-7-5-6-8-18(14)28-13-15(2)22-20(24)12-23(29(4,25)26)16-9-10-19(27-3)17(21)11-16/h5-11,15H,12-13H2,1-4H3,(H,22,24). The van der Waals surface area contributed by atoms with E-state index in [4.69, 9.17) is 21.1 Å². The Morgan fingerprint density at radius 2 is 1.90 bits per heavy atom. The molecule has 0 heterocycles. The molecule has 0 saturated heterocycles. The van der Waals surface area contributed by atoms with Crippen LogP contribution in [0.3, 0.4) is 0 Å². The highest BCUT2D eigenvalue weighted by atomic mass is 35.5. The second kappa shape index (κ2) is 9.84. The van der Waals surface area contributed by atoms with Crippen LogP contribution < -0.4 is 19.1 Å². The molecule has 0 aliphatic rings. The number of nitrogens with one attached hydrogen (secondary N) is 1. The molecule has 0 fully saturated rings. The third kappa shape index (κ3) is 6.54. The molecular weight excluding hydrogens is 416 g/mol. The molecule has 1 amide bonds. The Labute approximate surface area is 176 Å². The lowest BCUT2D eigenvalue weighted by molar-refractivity contribution is -0.120. The first-order chi connectivity index (χ1) is 13.6. The van der Waals surface area contributed by atoms with Gasteiger partial charge in [-0.15, -0.1) is 0 Å². The maximum Gasteiger partial charge on any atom is 0.241 e. The highest BCUT2D eigenvalue weighted by molar-refractivity contribution is 7.92. The molecule has 2 rings (SSSR count). The van der Waals surface area contributed by atoms with Gasteiger partial charge in [-0.2, -0.15) is 0 Å². The molecule has 0 bridgehead atoms. The van der Waals surface area contributed by atoms with E-state index in [0.29, 0.717) is 5.75 Å². The summed E-state index contributed by atoms with van der Waals surface area (Å²) >= 11 is 6.09. The minimum Gasteiger partial charge on any atom is -0.495 e. The molecule has 2 aromatic carbocycles. The van der Waals surface area contributed by atoms with Crippen LogP contribution in [-0.2, 0) is 14.8 Å². The molecule has 0 aromatic heterocycles. The zero-order valence-electron chi connectivity index (χ0n) is 16.8. The summed E-state index contributed by atoms with van der Waals surface area (Å²) < 4.78 is 36.2. The van der Waals surface area contributed by atoms with E-state index in [-0.39, 0.29) is 29.9 Å². The summed E-state index contributed by atoms with van der Waals surface area (Å²) in [4.78, 5) is 12.4. The molecule has 2 aromatic rings. The van der Waals surface area contributed by atoms with Gasteiger partial charge in [0, 0.05) is 0 Å². The number of hydrogen-bond donors (Lipinski definition) is 1. The Bertz CT molecular complexity index is 965. The summed E-state index contributed by atoms with van der Waals surface area (Å²) in [6.45, 7) is 3.59. The lowest BCUT2D eigenvalue weighted by Crippen LogP contribution is -2.44. The number of hydrogen-bond acceptors (Lipinski definition) is 5. The number of rotatable bonds is 9. The highest BCUT2D eigenvalue weighted by Crippen LogP contribution is 2.30. The summed E-state index contributed by atoms with van der Waals surface area (Å²) in [5.74, 6) is 0.692. The van der Waals surface area contributed by atoms with E-state index in [1.165, 1.54) is 19.2 Å². The minimum atomic E-state index is -3.70. The van der Waals surface area contributed by atoms with Crippen molar-refractivity contribution in [1.82, 2.24) is 5.32 Å². The van der Waals surface area contributed by atoms with Gasteiger partial charge in [0.2, 0.25) is 15.9 Å². The van der Waals surface area contributed by atoms with Crippen LogP contribution in [0.4, 0.5) is 5.69 Å². The molecule has 1 N–H and O–H groups in total. The first-order valence-electron chi connectivity index (χ1n) is 8.91. The van der Waals surface area contributed by atoms with Crippen molar-refractivity contribution in [3.63, 3.8) is 0 Å². The number of amides is 1. The van der Waals surface area contributed by atoms with Crippen LogP contribution in [-0.4, -0.2) is 46.9 Å². The fourth-order valence-corrected chi connectivity index (χ4v) is 3.74. The normalized spacial score (nSPS) is 12.2. The Morgan fingerprint density at radius 3 is 2.48 bits per heavy atom. The number of carbonyl (C=O) groups is 1. The van der Waals surface area contributed by atoms with Crippen molar-refractivity contribution in [3.8, 4) is 11.5 Å². The minimum absolute atomic E-state index is 0.249. The fourth-order valence-electron chi connectivity index (χ4n) is 2.64. The van der Waals surface area contributed by atoms with Crippen LogP contribution >= 0.6 is 11.6 Å². The lowest BCUT2D eigenvalue weighted by Gasteiger charge is -2.23. The summed E-state index contributed by atoms with van der Waals surface area (Å²) in [6.07, 6.45) is 1.03. The van der Waals surface area contributed by atoms with Crippen LogP contribution in [0.5, 0.6) is 11.5 Å². The molecule has 0 saturated carbocycles. The summed E-state index contributed by atoms with van der Waals surface area (Å²) in [7, 11) is -2.24. The second-order valence-corrected chi connectivity index (χ2v) is 8.95. The molecule has 0 spiro atoms. The quantitative estimate of drug-likeness (QED) is 0.647. The van der Waals surface area contributed by atoms with Crippen molar-refractivity contribution in [3.05, 3.63) is 53.1 Å². The maximum atomic E-state index is 12.4. The average Bonchev–Trinajstić information content (AvgIpc) is 2.64. The molecule has 0 aliphatic carbocycles. The number of anilines is 1. The Hall–Kier alpha value is -2.45. The largest absolute Gasteiger partial charge is 0.495 e. The van der Waals surface area contributed by atoms with Crippen molar-refractivity contribution < 1.29 is 22.7 Å². The van der Waals surface area contributed by atoms with E-state index in [0.717, 1.165) is 21.9 Å². The van der Waals surface area contributed by atoms with Crippen molar-refractivity contribution in [2.75, 3.05) is 30.8 Å². The Kier molecular flexibility index (Phi) is 7.75. The van der Waals surface area contributed by atoms with Crippen LogP contribution in [0.1, 0.15) is 12.5 Å². The van der Waals surface area contributed by atoms with E-state index in [2.05, 4.69) is 5.32 Å². The van der Waals surface area contributed by atoms with Gasteiger partial charge < -0.3 is 14.8 Å². The number of methoxy groups -OCH3 is 1. The average molecular weight is 441 g/mol. The number of nitrogens with zero attached hydrogens (tertiary/aromatic N) is 1. The fraction of sp³-hybridized carbons (Fsp3) is 0.350. The molecule has 1 unspecified atom stereocenters. The number of carbonyl (C=O) groups excluding carboxylic acids is 1. The Morgan fingerprint density at radius 1 is 1.21 bits per heavy atom. The van der Waals surface area contributed by atoms with Gasteiger partial charge in [-0.3, -0.25) is 9.10 Å². The monoisotopic (exact) mass is 440 g/mol. The predicted octanol–water partition coefficient (Wildman–Crippen LogP) is 3.01. The smallest absolute Gasteiger partial charge is 0.241 e. The molecule has 29 heavy (non-hydrogen) atoms. The van der Waals surface area contributed by atoms with Crippen LogP contribution in [0.25, 0.3) is 0 Å². The zero-order chi connectivity index (χ0) is 21.6. The number of aryl methyl sites for hydroxylation is 1. The lowest BCUT2D eigenvalue weighted by atomic mass is 10.2. The zero-order valence-corrected chi connectivity index (χ0v) is 18.4. The van der Waals surface area contributed by atoms with Gasteiger partial charge in [0.25, 0.3) is 0 Å². The first kappa shape index (κ1) is 22.8. The third-order valence-corrected chi connectivity index (χ3v) is 5.54. The van der Waals surface area contributed by atoms with Gasteiger partial charge in [-0.05, 0) is 43.7 Å². The number of benzene rings is 2. The number of para-hydroxylation sites is 1. The maximum absolute atomic E-state index is 12.4. The van der Waals surface area contributed by atoms with Gasteiger partial charge in [0.05, 0.1) is 30.1 Å². The molecule has 158 valence electrons.